The lowest BCUT2D eigenvalue weighted by atomic mass is 9.88. The third-order valence-electron chi connectivity index (χ3n) is 5.75. The minimum absolute atomic E-state index is 0. The lowest BCUT2D eigenvalue weighted by molar-refractivity contribution is -0.135. The second kappa shape index (κ2) is 11.5. The van der Waals surface area contributed by atoms with Crippen molar-refractivity contribution in [2.45, 2.75) is 51.1 Å². The maximum Gasteiger partial charge on any atom is 0.225 e. The summed E-state index contributed by atoms with van der Waals surface area (Å²) in [6.07, 6.45) is 6.63. The second-order valence-corrected chi connectivity index (χ2v) is 7.67. The number of guanidine groups is 1. The molecule has 3 rings (SSSR count). The number of phenols is 1. The highest BCUT2D eigenvalue weighted by Crippen LogP contribution is 2.27. The summed E-state index contributed by atoms with van der Waals surface area (Å²) in [5.74, 6) is 2.13. The van der Waals surface area contributed by atoms with Crippen molar-refractivity contribution >= 4 is 35.8 Å². The molecule has 1 heterocycles. The molecule has 29 heavy (non-hydrogen) atoms. The fourth-order valence-electron chi connectivity index (χ4n) is 4.08. The van der Waals surface area contributed by atoms with Crippen LogP contribution in [0.3, 0.4) is 0 Å². The van der Waals surface area contributed by atoms with E-state index >= 15 is 0 Å². The van der Waals surface area contributed by atoms with E-state index in [4.69, 9.17) is 4.74 Å². The van der Waals surface area contributed by atoms with Gasteiger partial charge in [-0.15, -0.1) is 24.0 Å². The minimum Gasteiger partial charge on any atom is -0.508 e. The molecule has 1 aliphatic carbocycles. The van der Waals surface area contributed by atoms with E-state index in [0.29, 0.717) is 24.2 Å². The predicted molar refractivity (Wildman–Crippen MR) is 125 cm³/mol. The predicted octanol–water partition coefficient (Wildman–Crippen LogP) is 2.87. The number of rotatable bonds is 5. The Hall–Kier alpha value is -1.71. The van der Waals surface area contributed by atoms with Crippen LogP contribution in [0, 0.1) is 5.92 Å². The average molecular weight is 516 g/mol. The van der Waals surface area contributed by atoms with Crippen LogP contribution in [0.25, 0.3) is 0 Å². The zero-order valence-electron chi connectivity index (χ0n) is 17.3. The van der Waals surface area contributed by atoms with Crippen LogP contribution in [0.1, 0.15) is 44.1 Å². The summed E-state index contributed by atoms with van der Waals surface area (Å²) in [5, 5.41) is 16.7. The summed E-state index contributed by atoms with van der Waals surface area (Å²) in [7, 11) is 3.32. The standard InChI is InChI=1S/C21H32N4O3.HI/c1-22-21(23-13-16-12-18(28-2)8-9-19(16)26)24-17-10-11-25(14-17)20(27)15-6-4-3-5-7-15;/h8-9,12,15,17,26H,3-7,10-11,13-14H2,1-2H3,(H2,22,23,24);1H. The van der Waals surface area contributed by atoms with Gasteiger partial charge in [-0.05, 0) is 37.5 Å². The Morgan fingerprint density at radius 2 is 2.03 bits per heavy atom. The SMILES string of the molecule is CN=C(NCc1cc(OC)ccc1O)NC1CCN(C(=O)C2CCCCC2)C1.I. The maximum atomic E-state index is 12.7. The molecule has 3 N–H and O–H groups in total. The number of likely N-dealkylation sites (tertiary alicyclic amines) is 1. The Balaban J connectivity index is 0.00000300. The summed E-state index contributed by atoms with van der Waals surface area (Å²) >= 11 is 0. The number of nitrogens with one attached hydrogen (secondary N) is 2. The number of halogens is 1. The monoisotopic (exact) mass is 516 g/mol. The van der Waals surface area contributed by atoms with Crippen molar-refractivity contribution in [1.29, 1.82) is 0 Å². The summed E-state index contributed by atoms with van der Waals surface area (Å²) < 4.78 is 5.21. The number of nitrogens with zero attached hydrogens (tertiary/aromatic N) is 2. The number of aliphatic imine (C=N–C) groups is 1. The fraction of sp³-hybridized carbons (Fsp3) is 0.619. The third-order valence-corrected chi connectivity index (χ3v) is 5.75. The highest BCUT2D eigenvalue weighted by Gasteiger charge is 2.31. The van der Waals surface area contributed by atoms with E-state index in [1.54, 1.807) is 32.4 Å². The van der Waals surface area contributed by atoms with E-state index in [2.05, 4.69) is 15.6 Å². The Bertz CT molecular complexity index is 707. The minimum atomic E-state index is 0. The van der Waals surface area contributed by atoms with Gasteiger partial charge in [0.2, 0.25) is 5.91 Å². The van der Waals surface area contributed by atoms with E-state index in [0.717, 1.165) is 37.9 Å². The molecule has 1 atom stereocenters. The van der Waals surface area contributed by atoms with Crippen molar-refractivity contribution in [2.24, 2.45) is 10.9 Å². The zero-order valence-corrected chi connectivity index (χ0v) is 19.6. The molecule has 0 aromatic heterocycles. The normalized spacial score (nSPS) is 20.1. The van der Waals surface area contributed by atoms with Crippen LogP contribution in [0.5, 0.6) is 11.5 Å². The maximum absolute atomic E-state index is 12.7. The van der Waals surface area contributed by atoms with Gasteiger partial charge in [0.25, 0.3) is 0 Å². The molecule has 0 bridgehead atoms. The van der Waals surface area contributed by atoms with Crippen LogP contribution in [-0.2, 0) is 11.3 Å². The van der Waals surface area contributed by atoms with Crippen LogP contribution in [0.2, 0.25) is 0 Å². The number of methoxy groups -OCH3 is 1. The molecular weight excluding hydrogens is 483 g/mol. The van der Waals surface area contributed by atoms with Crippen LogP contribution in [0.15, 0.2) is 23.2 Å². The first-order valence-corrected chi connectivity index (χ1v) is 10.2. The molecule has 8 heteroatoms. The number of benzene rings is 1. The van der Waals surface area contributed by atoms with Gasteiger partial charge in [0, 0.05) is 44.2 Å². The van der Waals surface area contributed by atoms with E-state index < -0.39 is 0 Å². The Kier molecular flexibility index (Phi) is 9.32. The lowest BCUT2D eigenvalue weighted by Gasteiger charge is -2.26. The molecule has 2 fully saturated rings. The topological polar surface area (TPSA) is 86.2 Å². The highest BCUT2D eigenvalue weighted by molar-refractivity contribution is 14.0. The van der Waals surface area contributed by atoms with Crippen LogP contribution >= 0.6 is 24.0 Å². The fourth-order valence-corrected chi connectivity index (χ4v) is 4.08. The highest BCUT2D eigenvalue weighted by atomic mass is 127. The van der Waals surface area contributed by atoms with Crippen molar-refractivity contribution in [3.05, 3.63) is 23.8 Å². The number of phenolic OH excluding ortho intramolecular Hbond substituents is 1. The molecule has 1 aromatic rings. The van der Waals surface area contributed by atoms with Crippen LogP contribution < -0.4 is 15.4 Å². The summed E-state index contributed by atoms with van der Waals surface area (Å²) in [6.45, 7) is 1.96. The van der Waals surface area contributed by atoms with Crippen molar-refractivity contribution in [3.63, 3.8) is 0 Å². The Morgan fingerprint density at radius 1 is 1.28 bits per heavy atom. The van der Waals surface area contributed by atoms with Crippen LogP contribution in [0.4, 0.5) is 0 Å². The molecule has 1 amide bonds. The number of amides is 1. The molecule has 0 spiro atoms. The van der Waals surface area contributed by atoms with Crippen molar-refractivity contribution in [2.75, 3.05) is 27.2 Å². The molecule has 0 radical (unpaired) electrons. The molecular formula is C21H33IN4O3. The van der Waals surface area contributed by atoms with Crippen molar-refractivity contribution < 1.29 is 14.6 Å². The Morgan fingerprint density at radius 3 is 2.72 bits per heavy atom. The molecule has 1 aliphatic heterocycles. The molecule has 1 unspecified atom stereocenters. The molecule has 1 saturated carbocycles. The van der Waals surface area contributed by atoms with Crippen molar-refractivity contribution in [3.8, 4) is 11.5 Å². The van der Waals surface area contributed by atoms with Gasteiger partial charge in [0.1, 0.15) is 11.5 Å². The van der Waals surface area contributed by atoms with E-state index in [1.807, 2.05) is 4.90 Å². The van der Waals surface area contributed by atoms with Gasteiger partial charge in [-0.1, -0.05) is 19.3 Å². The zero-order chi connectivity index (χ0) is 19.9. The number of hydrogen-bond donors (Lipinski definition) is 3. The van der Waals surface area contributed by atoms with Gasteiger partial charge < -0.3 is 25.4 Å². The molecule has 1 saturated heterocycles. The number of hydrogen-bond acceptors (Lipinski definition) is 4. The van der Waals surface area contributed by atoms with Gasteiger partial charge in [-0.25, -0.2) is 0 Å². The second-order valence-electron chi connectivity index (χ2n) is 7.67. The van der Waals surface area contributed by atoms with E-state index in [1.165, 1.54) is 19.3 Å². The van der Waals surface area contributed by atoms with E-state index in [-0.39, 0.29) is 41.7 Å². The van der Waals surface area contributed by atoms with Gasteiger partial charge in [-0.3, -0.25) is 9.79 Å². The summed E-state index contributed by atoms with van der Waals surface area (Å²) in [4.78, 5) is 19.0. The smallest absolute Gasteiger partial charge is 0.225 e. The number of carbonyl (C=O) groups excluding carboxylic acids is 1. The van der Waals surface area contributed by atoms with Gasteiger partial charge in [0.05, 0.1) is 7.11 Å². The molecule has 2 aliphatic rings. The average Bonchev–Trinajstić information content (AvgIpc) is 3.20. The summed E-state index contributed by atoms with van der Waals surface area (Å²) in [6, 6.07) is 5.34. The van der Waals surface area contributed by atoms with Gasteiger partial charge in [0.15, 0.2) is 5.96 Å². The largest absolute Gasteiger partial charge is 0.508 e. The molecule has 7 nitrogen and oxygen atoms in total. The Labute approximate surface area is 190 Å². The quantitative estimate of drug-likeness (QED) is 0.319. The van der Waals surface area contributed by atoms with Gasteiger partial charge in [-0.2, -0.15) is 0 Å². The molecule has 1 aromatic carbocycles. The lowest BCUT2D eigenvalue weighted by Crippen LogP contribution is -2.45. The van der Waals surface area contributed by atoms with Crippen molar-refractivity contribution in [1.82, 2.24) is 15.5 Å². The first-order chi connectivity index (χ1) is 13.6. The summed E-state index contributed by atoms with van der Waals surface area (Å²) in [5.41, 5.74) is 0.739. The number of ether oxygens (including phenoxy) is 1. The third kappa shape index (κ3) is 6.38. The first kappa shape index (κ1) is 23.6. The van der Waals surface area contributed by atoms with Gasteiger partial charge >= 0.3 is 0 Å². The number of carbonyl (C=O) groups is 1. The first-order valence-electron chi connectivity index (χ1n) is 10.2. The molecule has 162 valence electrons. The van der Waals surface area contributed by atoms with Crippen LogP contribution in [-0.4, -0.2) is 55.2 Å². The number of aromatic hydroxyl groups is 1. The van der Waals surface area contributed by atoms with E-state index in [9.17, 15) is 9.90 Å².